The second-order valence-electron chi connectivity index (χ2n) is 6.52. The fourth-order valence-electron chi connectivity index (χ4n) is 2.99. The molecule has 0 fully saturated rings. The molecule has 29 heavy (non-hydrogen) atoms. The minimum absolute atomic E-state index is 0.0164. The van der Waals surface area contributed by atoms with E-state index in [-0.39, 0.29) is 30.1 Å². The number of fused-ring (bicyclic) bond motifs is 1. The summed E-state index contributed by atoms with van der Waals surface area (Å²) in [6.45, 7) is 2.76. The van der Waals surface area contributed by atoms with E-state index in [0.29, 0.717) is 29.7 Å². The Balaban J connectivity index is 1.50. The lowest BCUT2D eigenvalue weighted by Gasteiger charge is -2.10. The highest BCUT2D eigenvalue weighted by Crippen LogP contribution is 2.22. The van der Waals surface area contributed by atoms with E-state index in [1.54, 1.807) is 24.3 Å². The van der Waals surface area contributed by atoms with Crippen molar-refractivity contribution in [3.63, 3.8) is 0 Å². The molecule has 2 N–H and O–H groups in total. The van der Waals surface area contributed by atoms with Gasteiger partial charge in [0.1, 0.15) is 5.69 Å². The number of nitrogens with zero attached hydrogens (tertiary/aromatic N) is 3. The Hall–Kier alpha value is -3.75. The van der Waals surface area contributed by atoms with Gasteiger partial charge in [-0.25, -0.2) is 4.98 Å². The predicted octanol–water partition coefficient (Wildman–Crippen LogP) is 2.23. The van der Waals surface area contributed by atoms with Crippen LogP contribution >= 0.6 is 0 Å². The summed E-state index contributed by atoms with van der Waals surface area (Å²) in [4.78, 5) is 39.4. The molecule has 3 rings (SSSR count). The maximum atomic E-state index is 12.5. The van der Waals surface area contributed by atoms with E-state index in [9.17, 15) is 19.7 Å². The zero-order chi connectivity index (χ0) is 20.8. The SMILES string of the molecule is Cc1cccc2c(=O)n(CCC(=O)NCCNc3ccccc3[N+](=O)[O-])cnc12. The molecule has 0 spiro atoms. The Labute approximate surface area is 166 Å². The van der Waals surface area contributed by atoms with Gasteiger partial charge in [0, 0.05) is 32.1 Å². The molecule has 1 heterocycles. The van der Waals surface area contributed by atoms with Crippen LogP contribution in [0, 0.1) is 17.0 Å². The first-order chi connectivity index (χ1) is 14.0. The van der Waals surface area contributed by atoms with Crippen LogP contribution in [0.25, 0.3) is 10.9 Å². The van der Waals surface area contributed by atoms with E-state index in [1.165, 1.54) is 17.0 Å². The molecule has 0 atom stereocenters. The summed E-state index contributed by atoms with van der Waals surface area (Å²) in [7, 11) is 0. The summed E-state index contributed by atoms with van der Waals surface area (Å²) in [5, 5.41) is 17.2. The van der Waals surface area contributed by atoms with Gasteiger partial charge in [0.05, 0.1) is 22.2 Å². The summed E-state index contributed by atoms with van der Waals surface area (Å²) in [5.41, 5.74) is 1.80. The zero-order valence-corrected chi connectivity index (χ0v) is 15.9. The Morgan fingerprint density at radius 3 is 2.76 bits per heavy atom. The first kappa shape index (κ1) is 20.0. The largest absolute Gasteiger partial charge is 0.378 e. The van der Waals surface area contributed by atoms with Crippen molar-refractivity contribution in [3.8, 4) is 0 Å². The number of nitrogens with one attached hydrogen (secondary N) is 2. The number of aromatic nitrogens is 2. The van der Waals surface area contributed by atoms with Crippen molar-refractivity contribution < 1.29 is 9.72 Å². The highest BCUT2D eigenvalue weighted by molar-refractivity contribution is 5.80. The van der Waals surface area contributed by atoms with Crippen LogP contribution in [0.2, 0.25) is 0 Å². The maximum Gasteiger partial charge on any atom is 0.292 e. The quantitative estimate of drug-likeness (QED) is 0.343. The van der Waals surface area contributed by atoms with Crippen molar-refractivity contribution in [2.45, 2.75) is 19.9 Å². The number of nitro groups is 1. The van der Waals surface area contributed by atoms with Gasteiger partial charge < -0.3 is 10.6 Å². The van der Waals surface area contributed by atoms with Gasteiger partial charge in [-0.05, 0) is 24.6 Å². The molecule has 2 aromatic carbocycles. The normalized spacial score (nSPS) is 10.7. The summed E-state index contributed by atoms with van der Waals surface area (Å²) in [6, 6.07) is 11.7. The minimum Gasteiger partial charge on any atom is -0.378 e. The fraction of sp³-hybridized carbons (Fsp3) is 0.250. The smallest absolute Gasteiger partial charge is 0.292 e. The van der Waals surface area contributed by atoms with Gasteiger partial charge in [-0.2, -0.15) is 0 Å². The number of benzene rings is 2. The van der Waals surface area contributed by atoms with Crippen LogP contribution in [0.4, 0.5) is 11.4 Å². The van der Waals surface area contributed by atoms with Crippen LogP contribution in [0.15, 0.2) is 53.6 Å². The average molecular weight is 395 g/mol. The van der Waals surface area contributed by atoms with Crippen LogP contribution in [-0.2, 0) is 11.3 Å². The Morgan fingerprint density at radius 2 is 1.97 bits per heavy atom. The van der Waals surface area contributed by atoms with E-state index >= 15 is 0 Å². The lowest BCUT2D eigenvalue weighted by atomic mass is 10.1. The average Bonchev–Trinajstić information content (AvgIpc) is 2.71. The molecule has 0 saturated carbocycles. The molecule has 0 saturated heterocycles. The first-order valence-corrected chi connectivity index (χ1v) is 9.16. The van der Waals surface area contributed by atoms with Gasteiger partial charge in [0.2, 0.25) is 5.91 Å². The molecule has 0 radical (unpaired) electrons. The van der Waals surface area contributed by atoms with Crippen LogP contribution in [0.3, 0.4) is 0 Å². The van der Waals surface area contributed by atoms with Crippen LogP contribution in [-0.4, -0.2) is 33.5 Å². The minimum atomic E-state index is -0.461. The monoisotopic (exact) mass is 395 g/mol. The number of amides is 1. The highest BCUT2D eigenvalue weighted by Gasteiger charge is 2.11. The number of hydrogen-bond acceptors (Lipinski definition) is 6. The van der Waals surface area contributed by atoms with Crippen molar-refractivity contribution in [1.29, 1.82) is 0 Å². The Bertz CT molecular complexity index is 1110. The Morgan fingerprint density at radius 1 is 1.17 bits per heavy atom. The van der Waals surface area contributed by atoms with Crippen molar-refractivity contribution in [1.82, 2.24) is 14.9 Å². The van der Waals surface area contributed by atoms with Gasteiger partial charge >= 0.3 is 0 Å². The molecule has 9 heteroatoms. The fourth-order valence-corrected chi connectivity index (χ4v) is 2.99. The molecule has 0 aliphatic heterocycles. The van der Waals surface area contributed by atoms with E-state index in [2.05, 4.69) is 15.6 Å². The molecule has 1 amide bonds. The third kappa shape index (κ3) is 4.75. The molecule has 0 unspecified atom stereocenters. The molecular formula is C20H21N5O4. The molecule has 150 valence electrons. The number of aryl methyl sites for hydroxylation is 2. The Kier molecular flexibility index (Phi) is 6.18. The van der Waals surface area contributed by atoms with Crippen LogP contribution in [0.5, 0.6) is 0 Å². The van der Waals surface area contributed by atoms with Crippen molar-refractivity contribution >= 4 is 28.2 Å². The third-order valence-corrected chi connectivity index (χ3v) is 4.50. The first-order valence-electron chi connectivity index (χ1n) is 9.16. The number of hydrogen-bond donors (Lipinski definition) is 2. The number of para-hydroxylation sites is 3. The summed E-state index contributed by atoms with van der Waals surface area (Å²) in [5.74, 6) is -0.217. The standard InChI is InChI=1S/C20H21N5O4/c1-14-5-4-6-15-19(14)23-13-24(20(15)27)12-9-18(26)22-11-10-21-16-7-2-3-8-17(16)25(28)29/h2-8,13,21H,9-12H2,1H3,(H,22,26). The number of nitro benzene ring substituents is 1. The summed E-state index contributed by atoms with van der Waals surface area (Å²) >= 11 is 0. The van der Waals surface area contributed by atoms with Crippen molar-refractivity contribution in [2.24, 2.45) is 0 Å². The third-order valence-electron chi connectivity index (χ3n) is 4.50. The van der Waals surface area contributed by atoms with E-state index in [4.69, 9.17) is 0 Å². The number of carbonyl (C=O) groups is 1. The van der Waals surface area contributed by atoms with Crippen molar-refractivity contribution in [2.75, 3.05) is 18.4 Å². The van der Waals surface area contributed by atoms with Crippen LogP contribution in [0.1, 0.15) is 12.0 Å². The van der Waals surface area contributed by atoms with E-state index < -0.39 is 4.92 Å². The molecule has 0 bridgehead atoms. The molecule has 0 aliphatic rings. The summed E-state index contributed by atoms with van der Waals surface area (Å²) < 4.78 is 1.42. The van der Waals surface area contributed by atoms with Crippen molar-refractivity contribution in [3.05, 3.63) is 74.8 Å². The summed E-state index contributed by atoms with van der Waals surface area (Å²) in [6.07, 6.45) is 1.59. The van der Waals surface area contributed by atoms with Gasteiger partial charge in [0.15, 0.2) is 0 Å². The molecule has 3 aromatic rings. The van der Waals surface area contributed by atoms with Gasteiger partial charge in [-0.1, -0.05) is 24.3 Å². The highest BCUT2D eigenvalue weighted by atomic mass is 16.6. The van der Waals surface area contributed by atoms with Gasteiger partial charge in [-0.3, -0.25) is 24.3 Å². The maximum absolute atomic E-state index is 12.5. The molecule has 0 aliphatic carbocycles. The lowest BCUT2D eigenvalue weighted by molar-refractivity contribution is -0.384. The van der Waals surface area contributed by atoms with E-state index in [1.807, 2.05) is 19.1 Å². The molecule has 9 nitrogen and oxygen atoms in total. The number of rotatable bonds is 8. The van der Waals surface area contributed by atoms with Gasteiger partial charge in [0.25, 0.3) is 11.2 Å². The second kappa shape index (κ2) is 8.96. The lowest BCUT2D eigenvalue weighted by Crippen LogP contribution is -2.31. The molecular weight excluding hydrogens is 374 g/mol. The number of anilines is 1. The topological polar surface area (TPSA) is 119 Å². The van der Waals surface area contributed by atoms with Gasteiger partial charge in [-0.15, -0.1) is 0 Å². The predicted molar refractivity (Wildman–Crippen MR) is 110 cm³/mol. The zero-order valence-electron chi connectivity index (χ0n) is 15.9. The van der Waals surface area contributed by atoms with Crippen LogP contribution < -0.4 is 16.2 Å². The molecule has 1 aromatic heterocycles. The number of carbonyl (C=O) groups excluding carboxylic acids is 1. The second-order valence-corrected chi connectivity index (χ2v) is 6.52. The van der Waals surface area contributed by atoms with E-state index in [0.717, 1.165) is 5.56 Å².